The third-order valence-electron chi connectivity index (χ3n) is 6.99. The average Bonchev–Trinajstić information content (AvgIpc) is 3.53. The van der Waals surface area contributed by atoms with Gasteiger partial charge in [0.05, 0.1) is 23.1 Å². The van der Waals surface area contributed by atoms with Crippen LogP contribution in [-0.4, -0.2) is 39.2 Å². The smallest absolute Gasteiger partial charge is 0.224 e. The van der Waals surface area contributed by atoms with E-state index in [0.717, 1.165) is 58.4 Å². The zero-order valence-corrected chi connectivity index (χ0v) is 20.5. The molecule has 0 unspecified atom stereocenters. The molecule has 6 rings (SSSR count). The predicted molar refractivity (Wildman–Crippen MR) is 146 cm³/mol. The molecule has 182 valence electrons. The fraction of sp³-hybridized carbons (Fsp3) is 0.276. The van der Waals surface area contributed by atoms with Crippen molar-refractivity contribution in [2.24, 2.45) is 0 Å². The number of piperidine rings is 1. The standard InChI is InChI=1S/C29H30N6O/c1-2-7-28(36)31-21-14-20(17-30-18-21)19-10-11-25-23(15-19)29(34-33-25)26-16-22-24(32-26)8-6-9-27(22)35-12-4-3-5-13-35/h6,8-11,14-18,32H,2-5,7,12-13H2,1H3,(H,31,36)(H,33,34). The number of carbonyl (C=O) groups excluding carboxylic acids is 1. The molecule has 1 amide bonds. The number of aromatic amines is 2. The lowest BCUT2D eigenvalue weighted by molar-refractivity contribution is -0.116. The van der Waals surface area contributed by atoms with Gasteiger partial charge in [0.2, 0.25) is 5.91 Å². The first-order chi connectivity index (χ1) is 17.7. The zero-order valence-electron chi connectivity index (χ0n) is 20.5. The van der Waals surface area contributed by atoms with Crippen molar-refractivity contribution in [1.29, 1.82) is 0 Å². The molecular weight excluding hydrogens is 448 g/mol. The van der Waals surface area contributed by atoms with Gasteiger partial charge >= 0.3 is 0 Å². The van der Waals surface area contributed by atoms with E-state index < -0.39 is 0 Å². The Morgan fingerprint density at radius 1 is 0.972 bits per heavy atom. The highest BCUT2D eigenvalue weighted by molar-refractivity contribution is 6.01. The van der Waals surface area contributed by atoms with Crippen molar-refractivity contribution < 1.29 is 4.79 Å². The van der Waals surface area contributed by atoms with Crippen LogP contribution in [0.5, 0.6) is 0 Å². The molecule has 1 saturated heterocycles. The molecule has 0 radical (unpaired) electrons. The van der Waals surface area contributed by atoms with E-state index in [9.17, 15) is 4.79 Å². The van der Waals surface area contributed by atoms with Crippen LogP contribution in [-0.2, 0) is 4.79 Å². The fourth-order valence-corrected chi connectivity index (χ4v) is 5.19. The van der Waals surface area contributed by atoms with Gasteiger partial charge in [-0.1, -0.05) is 19.1 Å². The number of nitrogens with one attached hydrogen (secondary N) is 3. The Balaban J connectivity index is 1.37. The van der Waals surface area contributed by atoms with Crippen LogP contribution in [0, 0.1) is 0 Å². The van der Waals surface area contributed by atoms with Gasteiger partial charge in [-0.25, -0.2) is 0 Å². The van der Waals surface area contributed by atoms with Crippen LogP contribution in [0.1, 0.15) is 39.0 Å². The van der Waals surface area contributed by atoms with E-state index in [0.29, 0.717) is 12.1 Å². The zero-order chi connectivity index (χ0) is 24.5. The van der Waals surface area contributed by atoms with Crippen molar-refractivity contribution in [1.82, 2.24) is 20.2 Å². The maximum absolute atomic E-state index is 12.0. The third kappa shape index (κ3) is 4.21. The highest BCUT2D eigenvalue weighted by Gasteiger charge is 2.17. The molecule has 0 atom stereocenters. The Bertz CT molecular complexity index is 1540. The first-order valence-corrected chi connectivity index (χ1v) is 12.8. The first-order valence-electron chi connectivity index (χ1n) is 12.8. The highest BCUT2D eigenvalue weighted by Crippen LogP contribution is 2.35. The summed E-state index contributed by atoms with van der Waals surface area (Å²) in [6.45, 7) is 4.22. The minimum absolute atomic E-state index is 0.00626. The van der Waals surface area contributed by atoms with E-state index >= 15 is 0 Å². The molecule has 7 nitrogen and oxygen atoms in total. The Labute approximate surface area is 209 Å². The normalized spacial score (nSPS) is 14.0. The van der Waals surface area contributed by atoms with Gasteiger partial charge in [-0.15, -0.1) is 0 Å². The van der Waals surface area contributed by atoms with E-state index in [1.165, 1.54) is 30.3 Å². The molecule has 2 aromatic carbocycles. The molecule has 1 aliphatic rings. The van der Waals surface area contributed by atoms with E-state index in [-0.39, 0.29) is 5.91 Å². The summed E-state index contributed by atoms with van der Waals surface area (Å²) in [6.07, 6.45) is 8.63. The van der Waals surface area contributed by atoms with Crippen molar-refractivity contribution in [2.45, 2.75) is 39.0 Å². The van der Waals surface area contributed by atoms with Crippen molar-refractivity contribution in [3.05, 3.63) is 60.9 Å². The molecule has 7 heteroatoms. The molecule has 3 aromatic heterocycles. The van der Waals surface area contributed by atoms with Gasteiger partial charge in [0.1, 0.15) is 5.69 Å². The van der Waals surface area contributed by atoms with Crippen molar-refractivity contribution >= 4 is 39.1 Å². The molecule has 5 aromatic rings. The number of anilines is 2. The first kappa shape index (κ1) is 22.3. The molecule has 1 aliphatic heterocycles. The van der Waals surface area contributed by atoms with Crippen molar-refractivity contribution in [3.8, 4) is 22.5 Å². The molecule has 4 heterocycles. The van der Waals surface area contributed by atoms with Crippen molar-refractivity contribution in [3.63, 3.8) is 0 Å². The number of benzene rings is 2. The lowest BCUT2D eigenvalue weighted by Crippen LogP contribution is -2.29. The van der Waals surface area contributed by atoms with Gasteiger partial charge in [-0.3, -0.25) is 14.9 Å². The molecular formula is C29H30N6O. The average molecular weight is 479 g/mol. The monoisotopic (exact) mass is 478 g/mol. The number of H-pyrrole nitrogens is 2. The van der Waals surface area contributed by atoms with Crippen LogP contribution in [0.4, 0.5) is 11.4 Å². The molecule has 0 bridgehead atoms. The fourth-order valence-electron chi connectivity index (χ4n) is 5.19. The number of aromatic nitrogens is 4. The second-order valence-electron chi connectivity index (χ2n) is 9.56. The molecule has 0 aliphatic carbocycles. The topological polar surface area (TPSA) is 89.7 Å². The summed E-state index contributed by atoms with van der Waals surface area (Å²) in [5.41, 5.74) is 7.97. The van der Waals surface area contributed by atoms with Crippen LogP contribution >= 0.6 is 0 Å². The number of carbonyl (C=O) groups is 1. The Morgan fingerprint density at radius 3 is 2.72 bits per heavy atom. The van der Waals surface area contributed by atoms with Gasteiger partial charge in [0.25, 0.3) is 0 Å². The lowest BCUT2D eigenvalue weighted by atomic mass is 10.0. The van der Waals surface area contributed by atoms with Gasteiger partial charge in [-0.2, -0.15) is 5.10 Å². The van der Waals surface area contributed by atoms with Crippen LogP contribution < -0.4 is 10.2 Å². The van der Waals surface area contributed by atoms with E-state index in [4.69, 9.17) is 0 Å². The maximum atomic E-state index is 12.0. The number of hydrogen-bond acceptors (Lipinski definition) is 4. The molecule has 3 N–H and O–H groups in total. The predicted octanol–water partition coefficient (Wildman–Crippen LogP) is 6.50. The summed E-state index contributed by atoms with van der Waals surface area (Å²) in [6, 6.07) is 16.9. The van der Waals surface area contributed by atoms with Crippen molar-refractivity contribution in [2.75, 3.05) is 23.3 Å². The lowest BCUT2D eigenvalue weighted by Gasteiger charge is -2.29. The molecule has 0 spiro atoms. The van der Waals surface area contributed by atoms with Crippen LogP contribution in [0.25, 0.3) is 44.3 Å². The van der Waals surface area contributed by atoms with Gasteiger partial charge < -0.3 is 15.2 Å². The summed E-state index contributed by atoms with van der Waals surface area (Å²) < 4.78 is 0. The summed E-state index contributed by atoms with van der Waals surface area (Å²) >= 11 is 0. The number of hydrogen-bond donors (Lipinski definition) is 3. The largest absolute Gasteiger partial charge is 0.371 e. The Morgan fingerprint density at radius 2 is 1.86 bits per heavy atom. The Kier molecular flexibility index (Phi) is 5.89. The maximum Gasteiger partial charge on any atom is 0.224 e. The van der Waals surface area contributed by atoms with Crippen LogP contribution in [0.15, 0.2) is 60.9 Å². The number of amides is 1. The summed E-state index contributed by atoms with van der Waals surface area (Å²) in [5, 5.41) is 13.1. The van der Waals surface area contributed by atoms with E-state index in [1.807, 2.05) is 25.3 Å². The number of pyridine rings is 1. The quantitative estimate of drug-likeness (QED) is 0.260. The SMILES string of the molecule is CCCC(=O)Nc1cncc(-c2ccc3[nH]nc(-c4cc5c(N6CCCCC6)cccc5[nH]4)c3c2)c1. The second kappa shape index (κ2) is 9.49. The third-order valence-corrected chi connectivity index (χ3v) is 6.99. The minimum atomic E-state index is 0.00626. The highest BCUT2D eigenvalue weighted by atomic mass is 16.1. The summed E-state index contributed by atoms with van der Waals surface area (Å²) in [5.74, 6) is 0.00626. The van der Waals surface area contributed by atoms with E-state index in [1.54, 1.807) is 6.20 Å². The minimum Gasteiger partial charge on any atom is -0.371 e. The van der Waals surface area contributed by atoms with Crippen LogP contribution in [0.3, 0.4) is 0 Å². The molecule has 1 fully saturated rings. The molecule has 36 heavy (non-hydrogen) atoms. The van der Waals surface area contributed by atoms with Gasteiger partial charge in [-0.05, 0) is 67.6 Å². The second-order valence-corrected chi connectivity index (χ2v) is 9.56. The van der Waals surface area contributed by atoms with E-state index in [2.05, 4.69) is 66.8 Å². The number of rotatable bonds is 6. The summed E-state index contributed by atoms with van der Waals surface area (Å²) in [7, 11) is 0. The number of fused-ring (bicyclic) bond motifs is 2. The van der Waals surface area contributed by atoms with Gasteiger partial charge in [0, 0.05) is 53.2 Å². The number of nitrogens with zero attached hydrogens (tertiary/aromatic N) is 3. The Hall–Kier alpha value is -4.13. The summed E-state index contributed by atoms with van der Waals surface area (Å²) in [4.78, 5) is 22.5. The van der Waals surface area contributed by atoms with Gasteiger partial charge in [0.15, 0.2) is 0 Å². The molecule has 0 saturated carbocycles. The van der Waals surface area contributed by atoms with Crippen LogP contribution in [0.2, 0.25) is 0 Å².